The van der Waals surface area contributed by atoms with Crippen LogP contribution in [0.25, 0.3) is 0 Å². The number of rotatable bonds is 6. The predicted octanol–water partition coefficient (Wildman–Crippen LogP) is 2.28. The minimum Gasteiger partial charge on any atom is -0.433 e. The third-order valence-corrected chi connectivity index (χ3v) is 1.22. The topological polar surface area (TPSA) is 44.8 Å². The van der Waals surface area contributed by atoms with Crippen molar-refractivity contribution in [2.75, 3.05) is 13.2 Å². The van der Waals surface area contributed by atoms with Crippen LogP contribution in [-0.4, -0.2) is 19.4 Å². The summed E-state index contributed by atoms with van der Waals surface area (Å²) in [6.07, 6.45) is 2.32. The Hall–Kier alpha value is -0.770. The first-order valence-corrected chi connectivity index (χ1v) is 4.27. The van der Waals surface area contributed by atoms with Crippen molar-refractivity contribution in [3.63, 3.8) is 0 Å². The number of ether oxygens (including phenoxy) is 1. The van der Waals surface area contributed by atoms with Crippen molar-refractivity contribution < 1.29 is 19.3 Å². The lowest BCUT2D eigenvalue weighted by Gasteiger charge is -2.01. The average molecular weight is 176 g/mol. The summed E-state index contributed by atoms with van der Waals surface area (Å²) < 4.78 is 4.46. The van der Waals surface area contributed by atoms with Crippen molar-refractivity contribution in [1.29, 1.82) is 0 Å². The fraction of sp³-hybridized carbons (Fsp3) is 0.875. The molecule has 12 heavy (non-hydrogen) atoms. The molecule has 0 amide bonds. The zero-order chi connectivity index (χ0) is 9.23. The molecule has 0 N–H and O–H groups in total. The molecule has 0 rings (SSSR count). The molecule has 0 spiro atoms. The van der Waals surface area contributed by atoms with Crippen molar-refractivity contribution in [2.45, 2.75) is 33.1 Å². The Morgan fingerprint density at radius 3 is 2.58 bits per heavy atom. The zero-order valence-electron chi connectivity index (χ0n) is 7.67. The highest BCUT2D eigenvalue weighted by molar-refractivity contribution is 5.58. The summed E-state index contributed by atoms with van der Waals surface area (Å²) in [4.78, 5) is 19.3. The Morgan fingerprint density at radius 1 is 1.25 bits per heavy atom. The van der Waals surface area contributed by atoms with Gasteiger partial charge in [-0.25, -0.2) is 4.79 Å². The second kappa shape index (κ2) is 8.33. The molecule has 0 fully saturated rings. The second-order valence-corrected chi connectivity index (χ2v) is 2.30. The van der Waals surface area contributed by atoms with Gasteiger partial charge >= 0.3 is 6.16 Å². The van der Waals surface area contributed by atoms with E-state index in [0.717, 1.165) is 19.3 Å². The normalized spacial score (nSPS) is 9.50. The van der Waals surface area contributed by atoms with Gasteiger partial charge < -0.3 is 4.74 Å². The summed E-state index contributed by atoms with van der Waals surface area (Å²) in [5, 5.41) is 0. The van der Waals surface area contributed by atoms with Gasteiger partial charge in [-0.2, -0.15) is 4.89 Å². The van der Waals surface area contributed by atoms with E-state index in [4.69, 9.17) is 0 Å². The molecule has 0 aliphatic heterocycles. The van der Waals surface area contributed by atoms with Crippen molar-refractivity contribution >= 4 is 6.16 Å². The number of hydrogen-bond acceptors (Lipinski definition) is 4. The van der Waals surface area contributed by atoms with E-state index in [9.17, 15) is 4.79 Å². The van der Waals surface area contributed by atoms with Gasteiger partial charge in [0.15, 0.2) is 0 Å². The van der Waals surface area contributed by atoms with Gasteiger partial charge in [-0.15, -0.1) is 0 Å². The van der Waals surface area contributed by atoms with E-state index in [-0.39, 0.29) is 0 Å². The summed E-state index contributed by atoms with van der Waals surface area (Å²) >= 11 is 0. The second-order valence-electron chi connectivity index (χ2n) is 2.30. The van der Waals surface area contributed by atoms with Gasteiger partial charge in [-0.05, 0) is 13.3 Å². The van der Waals surface area contributed by atoms with E-state index in [1.165, 1.54) is 0 Å². The molecule has 0 bridgehead atoms. The standard InChI is InChI=1S/C8H16O4/c1-3-5-6-7-11-12-8(9)10-4-2/h3-7H2,1-2H3. The molecule has 0 atom stereocenters. The summed E-state index contributed by atoms with van der Waals surface area (Å²) in [5.41, 5.74) is 0. The molecular formula is C8H16O4. The highest BCUT2D eigenvalue weighted by Crippen LogP contribution is 1.95. The van der Waals surface area contributed by atoms with Gasteiger partial charge in [0.25, 0.3) is 0 Å². The molecule has 72 valence electrons. The lowest BCUT2D eigenvalue weighted by molar-refractivity contribution is -0.254. The van der Waals surface area contributed by atoms with Crippen LogP contribution in [0, 0.1) is 0 Å². The highest BCUT2D eigenvalue weighted by Gasteiger charge is 2.01. The number of carbonyl (C=O) groups is 1. The minimum absolute atomic E-state index is 0.303. The van der Waals surface area contributed by atoms with E-state index in [2.05, 4.69) is 21.4 Å². The Morgan fingerprint density at radius 2 is 2.00 bits per heavy atom. The number of unbranched alkanes of at least 4 members (excludes halogenated alkanes) is 2. The summed E-state index contributed by atoms with van der Waals surface area (Å²) in [7, 11) is 0. The van der Waals surface area contributed by atoms with Gasteiger partial charge in [0, 0.05) is 0 Å². The van der Waals surface area contributed by atoms with E-state index in [1.54, 1.807) is 6.92 Å². The van der Waals surface area contributed by atoms with Gasteiger partial charge in [0.2, 0.25) is 0 Å². The minimum atomic E-state index is -0.769. The fourth-order valence-electron chi connectivity index (χ4n) is 0.643. The van der Waals surface area contributed by atoms with Gasteiger partial charge in [0.1, 0.15) is 0 Å². The third-order valence-electron chi connectivity index (χ3n) is 1.22. The van der Waals surface area contributed by atoms with Crippen LogP contribution in [0.5, 0.6) is 0 Å². The number of carbonyl (C=O) groups excluding carboxylic acids is 1. The van der Waals surface area contributed by atoms with Gasteiger partial charge in [-0.3, -0.25) is 4.89 Å². The molecule has 0 saturated carbocycles. The van der Waals surface area contributed by atoms with Crippen LogP contribution in [0.1, 0.15) is 33.1 Å². The molecule has 0 aromatic rings. The molecule has 0 saturated heterocycles. The maximum atomic E-state index is 10.5. The first-order valence-electron chi connectivity index (χ1n) is 4.27. The molecule has 0 aromatic heterocycles. The molecule has 0 radical (unpaired) electrons. The SMILES string of the molecule is CCCCCOOC(=O)OCC. The lowest BCUT2D eigenvalue weighted by Crippen LogP contribution is -2.08. The predicted molar refractivity (Wildman–Crippen MR) is 43.6 cm³/mol. The third kappa shape index (κ3) is 7.34. The van der Waals surface area contributed by atoms with Crippen LogP contribution >= 0.6 is 0 Å². The van der Waals surface area contributed by atoms with Crippen LogP contribution in [-0.2, 0) is 14.5 Å². The summed E-state index contributed by atoms with van der Waals surface area (Å²) in [6.45, 7) is 4.54. The molecule has 0 aromatic carbocycles. The summed E-state index contributed by atoms with van der Waals surface area (Å²) in [5.74, 6) is 0. The molecule has 0 aliphatic carbocycles. The summed E-state index contributed by atoms with van der Waals surface area (Å²) in [6, 6.07) is 0. The van der Waals surface area contributed by atoms with Crippen molar-refractivity contribution in [2.24, 2.45) is 0 Å². The Bertz CT molecular complexity index is 114. The molecule has 0 heterocycles. The van der Waals surface area contributed by atoms with Crippen LogP contribution in [0.15, 0.2) is 0 Å². The van der Waals surface area contributed by atoms with Crippen LogP contribution in [0.3, 0.4) is 0 Å². The Labute approximate surface area is 72.7 Å². The van der Waals surface area contributed by atoms with Crippen molar-refractivity contribution in [3.05, 3.63) is 0 Å². The zero-order valence-corrected chi connectivity index (χ0v) is 7.67. The molecule has 4 nitrogen and oxygen atoms in total. The fourth-order valence-corrected chi connectivity index (χ4v) is 0.643. The van der Waals surface area contributed by atoms with Crippen molar-refractivity contribution in [1.82, 2.24) is 0 Å². The Balaban J connectivity index is 3.03. The maximum absolute atomic E-state index is 10.5. The average Bonchev–Trinajstić information content (AvgIpc) is 2.05. The lowest BCUT2D eigenvalue weighted by atomic mass is 10.3. The smallest absolute Gasteiger partial charge is 0.433 e. The van der Waals surface area contributed by atoms with E-state index in [0.29, 0.717) is 13.2 Å². The van der Waals surface area contributed by atoms with E-state index >= 15 is 0 Å². The largest absolute Gasteiger partial charge is 0.540 e. The van der Waals surface area contributed by atoms with Crippen LogP contribution in [0.2, 0.25) is 0 Å². The number of hydrogen-bond donors (Lipinski definition) is 0. The van der Waals surface area contributed by atoms with Crippen molar-refractivity contribution in [3.8, 4) is 0 Å². The van der Waals surface area contributed by atoms with Gasteiger partial charge in [-0.1, -0.05) is 19.8 Å². The maximum Gasteiger partial charge on any atom is 0.540 e. The van der Waals surface area contributed by atoms with Crippen LogP contribution in [0.4, 0.5) is 4.79 Å². The first-order chi connectivity index (χ1) is 5.81. The van der Waals surface area contributed by atoms with E-state index < -0.39 is 6.16 Å². The molecule has 0 aliphatic rings. The van der Waals surface area contributed by atoms with Crippen LogP contribution < -0.4 is 0 Å². The quantitative estimate of drug-likeness (QED) is 0.269. The molecular weight excluding hydrogens is 160 g/mol. The van der Waals surface area contributed by atoms with Gasteiger partial charge in [0.05, 0.1) is 13.2 Å². The highest BCUT2D eigenvalue weighted by atomic mass is 17.2. The van der Waals surface area contributed by atoms with E-state index in [1.807, 2.05) is 0 Å². The Kier molecular flexibility index (Phi) is 7.79. The monoisotopic (exact) mass is 176 g/mol. The molecule has 4 heteroatoms. The molecule has 0 unspecified atom stereocenters. The first kappa shape index (κ1) is 11.2.